The van der Waals surface area contributed by atoms with E-state index < -0.39 is 5.41 Å². The van der Waals surface area contributed by atoms with Crippen molar-refractivity contribution in [1.82, 2.24) is 5.32 Å². The van der Waals surface area contributed by atoms with Crippen molar-refractivity contribution in [1.29, 1.82) is 0 Å². The third kappa shape index (κ3) is 4.79. The van der Waals surface area contributed by atoms with E-state index in [4.69, 9.17) is 27.9 Å². The van der Waals surface area contributed by atoms with Gasteiger partial charge in [0.15, 0.2) is 0 Å². The van der Waals surface area contributed by atoms with E-state index in [-0.39, 0.29) is 35.5 Å². The van der Waals surface area contributed by atoms with Gasteiger partial charge in [-0.25, -0.2) is 0 Å². The molecule has 2 aromatic carbocycles. The van der Waals surface area contributed by atoms with Crippen LogP contribution in [0.15, 0.2) is 42.5 Å². The molecule has 33 heavy (non-hydrogen) atoms. The predicted molar refractivity (Wildman–Crippen MR) is 132 cm³/mol. The fourth-order valence-electron chi connectivity index (χ4n) is 5.92. The molecule has 0 spiro atoms. The van der Waals surface area contributed by atoms with Gasteiger partial charge in [0.2, 0.25) is 5.91 Å². The summed E-state index contributed by atoms with van der Waals surface area (Å²) in [5.41, 5.74) is 1.87. The van der Waals surface area contributed by atoms with Gasteiger partial charge in [-0.2, -0.15) is 0 Å². The van der Waals surface area contributed by atoms with E-state index in [0.717, 1.165) is 18.4 Å². The zero-order valence-corrected chi connectivity index (χ0v) is 20.9. The molecule has 1 saturated carbocycles. The largest absolute Gasteiger partial charge is 0.494 e. The van der Waals surface area contributed by atoms with E-state index in [9.17, 15) is 9.59 Å². The standard InChI is InChI=1S/C27H31Cl2NO3/c1-16(31)5-4-14-33-20-10-11-21(23(29)15-20)22-12-13-27(3)25(17(2)30-26(27)32)24(22)18-6-8-19(28)9-7-18/h6-11,15,17,22,24-25H,4-5,12-14H2,1-3H3,(H,30,32)/t17-,22+,24+,25+,27-/m1/s1. The second-order valence-corrected chi connectivity index (χ2v) is 10.6. The van der Waals surface area contributed by atoms with Gasteiger partial charge in [0, 0.05) is 28.4 Å². The lowest BCUT2D eigenvalue weighted by molar-refractivity contribution is -0.129. The van der Waals surface area contributed by atoms with E-state index in [2.05, 4.69) is 37.4 Å². The van der Waals surface area contributed by atoms with Crippen molar-refractivity contribution in [3.63, 3.8) is 0 Å². The number of hydrogen-bond acceptors (Lipinski definition) is 3. The minimum atomic E-state index is -0.396. The Morgan fingerprint density at radius 2 is 1.91 bits per heavy atom. The molecule has 5 atom stereocenters. The highest BCUT2D eigenvalue weighted by atomic mass is 35.5. The zero-order chi connectivity index (χ0) is 23.8. The highest BCUT2D eigenvalue weighted by Crippen LogP contribution is 2.59. The van der Waals surface area contributed by atoms with Gasteiger partial charge < -0.3 is 14.8 Å². The number of carbonyl (C=O) groups is 2. The van der Waals surface area contributed by atoms with Gasteiger partial charge in [-0.15, -0.1) is 0 Å². The van der Waals surface area contributed by atoms with Crippen LogP contribution in [0.1, 0.15) is 69.4 Å². The number of rotatable bonds is 7. The minimum Gasteiger partial charge on any atom is -0.494 e. The monoisotopic (exact) mass is 487 g/mol. The number of ether oxygens (including phenoxy) is 1. The van der Waals surface area contributed by atoms with Crippen LogP contribution in [0.4, 0.5) is 0 Å². The first-order valence-electron chi connectivity index (χ1n) is 11.7. The SMILES string of the molecule is CC(=O)CCCOc1ccc([C@@H]2CC[C@@]3(C)C(=O)N[C@H](C)[C@H]3[C@H]2c2ccc(Cl)cc2)c(Cl)c1. The molecule has 2 aliphatic rings. The average molecular weight is 488 g/mol. The van der Waals surface area contributed by atoms with Crippen LogP contribution < -0.4 is 10.1 Å². The lowest BCUT2D eigenvalue weighted by atomic mass is 9.56. The molecule has 0 radical (unpaired) electrons. The summed E-state index contributed by atoms with van der Waals surface area (Å²) in [6.45, 7) is 6.29. The molecule has 1 heterocycles. The van der Waals surface area contributed by atoms with Crippen molar-refractivity contribution in [2.24, 2.45) is 11.3 Å². The van der Waals surface area contributed by atoms with E-state index in [1.165, 1.54) is 5.56 Å². The Hall–Kier alpha value is -2.04. The van der Waals surface area contributed by atoms with Crippen LogP contribution >= 0.6 is 23.2 Å². The van der Waals surface area contributed by atoms with Crippen molar-refractivity contribution >= 4 is 34.9 Å². The van der Waals surface area contributed by atoms with Gasteiger partial charge >= 0.3 is 0 Å². The van der Waals surface area contributed by atoms with Gasteiger partial charge in [0.05, 0.1) is 12.0 Å². The Bertz CT molecular complexity index is 1040. The first kappa shape index (κ1) is 24.1. The molecular formula is C27H31Cl2NO3. The fraction of sp³-hybridized carbons (Fsp3) is 0.481. The second kappa shape index (κ2) is 9.68. The summed E-state index contributed by atoms with van der Waals surface area (Å²) in [6, 6.07) is 14.0. The highest BCUT2D eigenvalue weighted by Gasteiger charge is 2.57. The smallest absolute Gasteiger partial charge is 0.226 e. The van der Waals surface area contributed by atoms with Gasteiger partial charge in [0.25, 0.3) is 0 Å². The maximum Gasteiger partial charge on any atom is 0.226 e. The molecule has 0 bridgehead atoms. The lowest BCUT2D eigenvalue weighted by Crippen LogP contribution is -2.42. The van der Waals surface area contributed by atoms with Crippen molar-refractivity contribution in [2.75, 3.05) is 6.61 Å². The quantitative estimate of drug-likeness (QED) is 0.450. The van der Waals surface area contributed by atoms with E-state index >= 15 is 0 Å². The number of nitrogens with one attached hydrogen (secondary N) is 1. The van der Waals surface area contributed by atoms with Crippen LogP contribution in [0.5, 0.6) is 5.75 Å². The number of hydrogen-bond donors (Lipinski definition) is 1. The van der Waals surface area contributed by atoms with Crippen molar-refractivity contribution < 1.29 is 14.3 Å². The van der Waals surface area contributed by atoms with Crippen molar-refractivity contribution in [3.8, 4) is 5.75 Å². The average Bonchev–Trinajstić information content (AvgIpc) is 3.00. The maximum absolute atomic E-state index is 12.9. The summed E-state index contributed by atoms with van der Waals surface area (Å²) in [5, 5.41) is 4.58. The van der Waals surface area contributed by atoms with E-state index in [1.807, 2.05) is 24.3 Å². The highest BCUT2D eigenvalue weighted by molar-refractivity contribution is 6.31. The molecule has 1 saturated heterocycles. The summed E-state index contributed by atoms with van der Waals surface area (Å²) >= 11 is 13.0. The molecule has 2 aromatic rings. The normalized spacial score (nSPS) is 28.8. The number of carbonyl (C=O) groups excluding carboxylic acids is 2. The Morgan fingerprint density at radius 1 is 1.18 bits per heavy atom. The molecule has 2 fully saturated rings. The Balaban J connectivity index is 1.65. The Labute approximate surface area is 206 Å². The number of Topliss-reactive ketones (excluding diaryl/α,β-unsaturated/α-hetero) is 1. The molecule has 1 N–H and O–H groups in total. The third-order valence-corrected chi connectivity index (χ3v) is 8.09. The minimum absolute atomic E-state index is 0.0774. The van der Waals surface area contributed by atoms with Crippen LogP contribution in [0.25, 0.3) is 0 Å². The number of benzene rings is 2. The molecule has 176 valence electrons. The second-order valence-electron chi connectivity index (χ2n) is 9.77. The molecule has 0 aromatic heterocycles. The Morgan fingerprint density at radius 3 is 2.58 bits per heavy atom. The van der Waals surface area contributed by atoms with Crippen LogP contribution in [0.3, 0.4) is 0 Å². The third-order valence-electron chi connectivity index (χ3n) is 7.52. The molecule has 6 heteroatoms. The van der Waals surface area contributed by atoms with Crippen LogP contribution in [-0.4, -0.2) is 24.3 Å². The van der Waals surface area contributed by atoms with Crippen LogP contribution in [0.2, 0.25) is 10.0 Å². The zero-order valence-electron chi connectivity index (χ0n) is 19.4. The summed E-state index contributed by atoms with van der Waals surface area (Å²) < 4.78 is 5.81. The molecule has 1 amide bonds. The van der Waals surface area contributed by atoms with Gasteiger partial charge in [0.1, 0.15) is 11.5 Å². The summed E-state index contributed by atoms with van der Waals surface area (Å²) in [7, 11) is 0. The van der Waals surface area contributed by atoms with Gasteiger partial charge in [-0.05, 0) is 80.3 Å². The predicted octanol–water partition coefficient (Wildman–Crippen LogP) is 6.54. The topological polar surface area (TPSA) is 55.4 Å². The van der Waals surface area contributed by atoms with E-state index in [1.54, 1.807) is 6.92 Å². The molecule has 4 nitrogen and oxygen atoms in total. The van der Waals surface area contributed by atoms with Crippen molar-refractivity contribution in [2.45, 2.75) is 64.3 Å². The molecule has 0 unspecified atom stereocenters. The van der Waals surface area contributed by atoms with Crippen molar-refractivity contribution in [3.05, 3.63) is 63.6 Å². The summed E-state index contributed by atoms with van der Waals surface area (Å²) in [5.74, 6) is 1.50. The number of halogens is 2. The molecular weight excluding hydrogens is 457 g/mol. The lowest BCUT2D eigenvalue weighted by Gasteiger charge is -2.46. The molecule has 1 aliphatic heterocycles. The molecule has 4 rings (SSSR count). The number of amides is 1. The van der Waals surface area contributed by atoms with Crippen LogP contribution in [0, 0.1) is 11.3 Å². The first-order chi connectivity index (χ1) is 15.7. The fourth-order valence-corrected chi connectivity index (χ4v) is 6.36. The van der Waals surface area contributed by atoms with Crippen LogP contribution in [-0.2, 0) is 9.59 Å². The Kier molecular flexibility index (Phi) is 7.07. The van der Waals surface area contributed by atoms with Gasteiger partial charge in [-0.3, -0.25) is 4.79 Å². The maximum atomic E-state index is 12.9. The number of ketones is 1. The number of fused-ring (bicyclic) bond motifs is 1. The summed E-state index contributed by atoms with van der Waals surface area (Å²) in [4.78, 5) is 24.0. The molecule has 1 aliphatic carbocycles. The first-order valence-corrected chi connectivity index (χ1v) is 12.4. The van der Waals surface area contributed by atoms with E-state index in [0.29, 0.717) is 35.2 Å². The van der Waals surface area contributed by atoms with Gasteiger partial charge in [-0.1, -0.05) is 48.3 Å². The summed E-state index contributed by atoms with van der Waals surface area (Å²) in [6.07, 6.45) is 2.90.